The second-order valence-electron chi connectivity index (χ2n) is 7.51. The van der Waals surface area contributed by atoms with E-state index in [9.17, 15) is 4.79 Å². The molecular formula is C22H24N8O2. The highest BCUT2D eigenvalue weighted by Crippen LogP contribution is 2.24. The van der Waals surface area contributed by atoms with Crippen LogP contribution in [0.1, 0.15) is 10.4 Å². The lowest BCUT2D eigenvalue weighted by molar-refractivity contribution is 0.0383. The summed E-state index contributed by atoms with van der Waals surface area (Å²) in [4.78, 5) is 23.7. The van der Waals surface area contributed by atoms with Gasteiger partial charge in [0, 0.05) is 61.6 Å². The van der Waals surface area contributed by atoms with Crippen LogP contribution in [0.4, 0.5) is 11.5 Å². The Labute approximate surface area is 184 Å². The average molecular weight is 432 g/mol. The van der Waals surface area contributed by atoms with Crippen molar-refractivity contribution in [1.82, 2.24) is 34.8 Å². The maximum absolute atomic E-state index is 12.4. The first-order valence-corrected chi connectivity index (χ1v) is 10.5. The molecule has 32 heavy (non-hydrogen) atoms. The van der Waals surface area contributed by atoms with Crippen molar-refractivity contribution in [2.24, 2.45) is 0 Å². The number of carbonyl (C=O) groups is 1. The first kappa shape index (κ1) is 20.2. The van der Waals surface area contributed by atoms with Gasteiger partial charge in [-0.1, -0.05) is 0 Å². The number of aromatic nitrogens is 5. The topological polar surface area (TPSA) is 112 Å². The third-order valence-electron chi connectivity index (χ3n) is 5.45. The smallest absolute Gasteiger partial charge is 0.251 e. The predicted molar refractivity (Wildman–Crippen MR) is 120 cm³/mol. The third-order valence-corrected chi connectivity index (χ3v) is 5.45. The van der Waals surface area contributed by atoms with Crippen molar-refractivity contribution in [3.63, 3.8) is 0 Å². The standard InChI is InChI=1S/C22H24N8O2/c31-22(24-5-7-29-9-11-32-12-10-29)16-1-3-18(4-2-16)28-20-21-23-6-8-30(21)19(15-25-20)17-13-26-27-14-17/h1-4,6,8,13-15H,5,7,9-12H2,(H,24,31)(H,25,28)(H,26,27). The Balaban J connectivity index is 1.23. The monoisotopic (exact) mass is 432 g/mol. The van der Waals surface area contributed by atoms with Crippen LogP contribution in [-0.4, -0.2) is 74.8 Å². The minimum Gasteiger partial charge on any atom is -0.379 e. The maximum Gasteiger partial charge on any atom is 0.251 e. The second-order valence-corrected chi connectivity index (χ2v) is 7.51. The zero-order valence-corrected chi connectivity index (χ0v) is 17.5. The van der Waals surface area contributed by atoms with Crippen LogP contribution in [0, 0.1) is 0 Å². The minimum absolute atomic E-state index is 0.0805. The van der Waals surface area contributed by atoms with E-state index in [4.69, 9.17) is 4.74 Å². The zero-order valence-electron chi connectivity index (χ0n) is 17.5. The molecule has 0 atom stereocenters. The van der Waals surface area contributed by atoms with Gasteiger partial charge >= 0.3 is 0 Å². The molecule has 0 unspecified atom stereocenters. The molecule has 1 aliphatic heterocycles. The number of ether oxygens (including phenoxy) is 1. The summed E-state index contributed by atoms with van der Waals surface area (Å²) in [5, 5.41) is 13.1. The van der Waals surface area contributed by atoms with Gasteiger partial charge in [-0.25, -0.2) is 9.97 Å². The van der Waals surface area contributed by atoms with Gasteiger partial charge in [0.2, 0.25) is 0 Å². The quantitative estimate of drug-likeness (QED) is 0.409. The number of hydrogen-bond acceptors (Lipinski definition) is 7. The first-order valence-electron chi connectivity index (χ1n) is 10.5. The molecule has 3 aromatic heterocycles. The Kier molecular flexibility index (Phi) is 5.77. The van der Waals surface area contributed by atoms with Gasteiger partial charge in [-0.05, 0) is 24.3 Å². The molecule has 164 valence electrons. The Morgan fingerprint density at radius 3 is 2.75 bits per heavy atom. The molecule has 5 rings (SSSR count). The van der Waals surface area contributed by atoms with Crippen LogP contribution in [0.2, 0.25) is 0 Å². The fraction of sp³-hybridized carbons (Fsp3) is 0.273. The Hall–Kier alpha value is -3.76. The Morgan fingerprint density at radius 1 is 1.12 bits per heavy atom. The number of rotatable bonds is 7. The van der Waals surface area contributed by atoms with Crippen molar-refractivity contribution in [2.75, 3.05) is 44.7 Å². The summed E-state index contributed by atoms with van der Waals surface area (Å²) in [6, 6.07) is 7.33. The number of morpholine rings is 1. The number of fused-ring (bicyclic) bond motifs is 1. The van der Waals surface area contributed by atoms with E-state index < -0.39 is 0 Å². The molecule has 1 fully saturated rings. The summed E-state index contributed by atoms with van der Waals surface area (Å²) in [6.45, 7) is 4.79. The first-order chi connectivity index (χ1) is 15.8. The number of aromatic amines is 1. The van der Waals surface area contributed by atoms with Crippen LogP contribution in [0.25, 0.3) is 16.9 Å². The second kappa shape index (κ2) is 9.16. The fourth-order valence-electron chi connectivity index (χ4n) is 3.71. The molecule has 1 amide bonds. The molecule has 3 N–H and O–H groups in total. The molecule has 1 aromatic carbocycles. The van der Waals surface area contributed by atoms with E-state index in [0.717, 1.165) is 49.8 Å². The van der Waals surface area contributed by atoms with Crippen molar-refractivity contribution in [3.05, 3.63) is 60.8 Å². The molecule has 1 aliphatic rings. The van der Waals surface area contributed by atoms with Crippen LogP contribution < -0.4 is 10.6 Å². The number of nitrogens with zero attached hydrogens (tertiary/aromatic N) is 5. The number of nitrogens with one attached hydrogen (secondary N) is 3. The van der Waals surface area contributed by atoms with Gasteiger partial charge in [0.1, 0.15) is 0 Å². The van der Waals surface area contributed by atoms with E-state index in [0.29, 0.717) is 23.6 Å². The van der Waals surface area contributed by atoms with Gasteiger partial charge < -0.3 is 15.4 Å². The van der Waals surface area contributed by atoms with Crippen LogP contribution in [0.15, 0.2) is 55.2 Å². The van der Waals surface area contributed by atoms with Gasteiger partial charge in [0.15, 0.2) is 11.5 Å². The lowest BCUT2D eigenvalue weighted by Gasteiger charge is -2.26. The molecule has 0 aliphatic carbocycles. The fourth-order valence-corrected chi connectivity index (χ4v) is 3.71. The largest absolute Gasteiger partial charge is 0.379 e. The molecule has 0 bridgehead atoms. The number of amides is 1. The van der Waals surface area contributed by atoms with Crippen LogP contribution in [-0.2, 0) is 4.74 Å². The number of imidazole rings is 1. The van der Waals surface area contributed by atoms with E-state index >= 15 is 0 Å². The lowest BCUT2D eigenvalue weighted by atomic mass is 10.2. The maximum atomic E-state index is 12.4. The summed E-state index contributed by atoms with van der Waals surface area (Å²) in [7, 11) is 0. The highest BCUT2D eigenvalue weighted by Gasteiger charge is 2.13. The minimum atomic E-state index is -0.0805. The predicted octanol–water partition coefficient (Wildman–Crippen LogP) is 1.92. The molecule has 1 saturated heterocycles. The van der Waals surface area contributed by atoms with E-state index in [-0.39, 0.29) is 5.91 Å². The highest BCUT2D eigenvalue weighted by molar-refractivity contribution is 5.94. The third kappa shape index (κ3) is 4.32. The van der Waals surface area contributed by atoms with Crippen LogP contribution >= 0.6 is 0 Å². The van der Waals surface area contributed by atoms with Gasteiger partial charge in [0.05, 0.1) is 31.3 Å². The average Bonchev–Trinajstić information content (AvgIpc) is 3.53. The van der Waals surface area contributed by atoms with Gasteiger partial charge in [-0.15, -0.1) is 0 Å². The summed E-state index contributed by atoms with van der Waals surface area (Å²) in [5.41, 5.74) is 3.96. The number of hydrogen-bond donors (Lipinski definition) is 3. The Morgan fingerprint density at radius 2 is 1.97 bits per heavy atom. The number of anilines is 2. The van der Waals surface area contributed by atoms with Crippen molar-refractivity contribution >= 4 is 23.1 Å². The number of H-pyrrole nitrogens is 1. The van der Waals surface area contributed by atoms with Gasteiger partial charge in [-0.3, -0.25) is 19.2 Å². The van der Waals surface area contributed by atoms with Crippen molar-refractivity contribution in [1.29, 1.82) is 0 Å². The zero-order chi connectivity index (χ0) is 21.8. The molecule has 10 heteroatoms. The van der Waals surface area contributed by atoms with E-state index in [1.807, 2.05) is 28.9 Å². The van der Waals surface area contributed by atoms with Gasteiger partial charge in [-0.2, -0.15) is 5.10 Å². The molecule has 4 aromatic rings. The molecule has 0 saturated carbocycles. The van der Waals surface area contributed by atoms with Crippen LogP contribution in [0.5, 0.6) is 0 Å². The van der Waals surface area contributed by atoms with Crippen LogP contribution in [0.3, 0.4) is 0 Å². The number of carbonyl (C=O) groups excluding carboxylic acids is 1. The molecule has 4 heterocycles. The Bertz CT molecular complexity index is 1180. The summed E-state index contributed by atoms with van der Waals surface area (Å²) >= 11 is 0. The van der Waals surface area contributed by atoms with E-state index in [1.54, 1.807) is 30.7 Å². The molecule has 0 radical (unpaired) electrons. The summed E-state index contributed by atoms with van der Waals surface area (Å²) in [6.07, 6.45) is 8.95. The number of benzene rings is 1. The van der Waals surface area contributed by atoms with Crippen molar-refractivity contribution in [3.8, 4) is 11.3 Å². The summed E-state index contributed by atoms with van der Waals surface area (Å²) < 4.78 is 7.30. The van der Waals surface area contributed by atoms with Crippen molar-refractivity contribution < 1.29 is 9.53 Å². The molecular weight excluding hydrogens is 408 g/mol. The molecule has 0 spiro atoms. The lowest BCUT2D eigenvalue weighted by Crippen LogP contribution is -2.41. The SMILES string of the molecule is O=C(NCCN1CCOCC1)c1ccc(Nc2ncc(-c3cn[nH]c3)n3ccnc23)cc1. The highest BCUT2D eigenvalue weighted by atomic mass is 16.5. The van der Waals surface area contributed by atoms with E-state index in [1.165, 1.54) is 0 Å². The normalized spacial score (nSPS) is 14.5. The molecule has 10 nitrogen and oxygen atoms in total. The van der Waals surface area contributed by atoms with Gasteiger partial charge in [0.25, 0.3) is 5.91 Å². The van der Waals surface area contributed by atoms with E-state index in [2.05, 4.69) is 35.7 Å². The summed E-state index contributed by atoms with van der Waals surface area (Å²) in [5.74, 6) is 0.549. The van der Waals surface area contributed by atoms with Crippen molar-refractivity contribution in [2.45, 2.75) is 0 Å².